The van der Waals surface area contributed by atoms with Gasteiger partial charge in [0.2, 0.25) is 0 Å². The summed E-state index contributed by atoms with van der Waals surface area (Å²) < 4.78 is 0. The van der Waals surface area contributed by atoms with Gasteiger partial charge in [-0.25, -0.2) is 0 Å². The van der Waals surface area contributed by atoms with Crippen molar-refractivity contribution >= 4 is 133 Å². The lowest BCUT2D eigenvalue weighted by Gasteiger charge is -2.33. The van der Waals surface area contributed by atoms with Crippen LogP contribution in [0.15, 0.2) is 534 Å². The molecule has 4 nitrogen and oxygen atoms in total. The third kappa shape index (κ3) is 16.6. The summed E-state index contributed by atoms with van der Waals surface area (Å²) in [6.07, 6.45) is 0. The molecule has 0 saturated heterocycles. The maximum Gasteiger partial charge on any atom is 0.0546 e. The molecule has 0 aromatic heterocycles. The fourth-order valence-corrected chi connectivity index (χ4v) is 23.1. The third-order valence-corrected chi connectivity index (χ3v) is 30.9. The molecule has 0 aliphatic carbocycles. The summed E-state index contributed by atoms with van der Waals surface area (Å²) in [7, 11) is 0. The summed E-state index contributed by atoms with van der Waals surface area (Å²) in [6.45, 7) is 13.6. The van der Waals surface area contributed by atoms with Gasteiger partial charge in [0.25, 0.3) is 0 Å². The van der Waals surface area contributed by atoms with Gasteiger partial charge in [0, 0.05) is 66.8 Å². The fourth-order valence-electron chi connectivity index (χ4n) is 23.1. The number of hydrogen-bond acceptors (Lipinski definition) is 4. The molecule has 26 aromatic carbocycles. The molecule has 26 aromatic rings. The molecule has 0 saturated carbocycles. The van der Waals surface area contributed by atoms with Crippen molar-refractivity contribution in [2.45, 2.75) is 41.5 Å². The summed E-state index contributed by atoms with van der Waals surface area (Å²) in [5.41, 5.74) is 45.1. The minimum atomic E-state index is 1.05. The summed E-state index contributed by atoms with van der Waals surface area (Å²) in [5, 5.41) is 14.2. The van der Waals surface area contributed by atoms with Crippen molar-refractivity contribution in [3.8, 4) is 122 Å². The van der Waals surface area contributed by atoms with Crippen LogP contribution in [0.4, 0.5) is 68.2 Å². The molecule has 710 valence electrons. The van der Waals surface area contributed by atoms with Gasteiger partial charge >= 0.3 is 0 Å². The number of anilines is 12. The minimum absolute atomic E-state index is 1.05. The van der Waals surface area contributed by atoms with E-state index >= 15 is 0 Å². The van der Waals surface area contributed by atoms with Crippen LogP contribution in [0.5, 0.6) is 0 Å². The monoisotopic (exact) mass is 1910 g/mol. The molecular formula is C146H106N4. The molecule has 0 spiro atoms. The van der Waals surface area contributed by atoms with Crippen LogP contribution < -0.4 is 19.6 Å². The van der Waals surface area contributed by atoms with E-state index in [9.17, 15) is 0 Å². The van der Waals surface area contributed by atoms with Gasteiger partial charge in [-0.2, -0.15) is 0 Å². The Morgan fingerprint density at radius 2 is 0.267 bits per heavy atom. The van der Waals surface area contributed by atoms with Crippen LogP contribution in [0, 0.1) is 41.5 Å². The Balaban J connectivity index is 0.615. The summed E-state index contributed by atoms with van der Waals surface area (Å²) >= 11 is 0. The molecule has 0 atom stereocenters. The maximum atomic E-state index is 2.59. The zero-order chi connectivity index (χ0) is 101. The predicted molar refractivity (Wildman–Crippen MR) is 641 cm³/mol. The van der Waals surface area contributed by atoms with Crippen LogP contribution in [-0.2, 0) is 0 Å². The first kappa shape index (κ1) is 91.0. The molecule has 0 radical (unpaired) electrons. The highest BCUT2D eigenvalue weighted by atomic mass is 15.2. The van der Waals surface area contributed by atoms with Crippen LogP contribution in [0.2, 0.25) is 0 Å². The molecule has 26 rings (SSSR count). The van der Waals surface area contributed by atoms with Gasteiger partial charge < -0.3 is 19.6 Å². The van der Waals surface area contributed by atoms with Crippen molar-refractivity contribution in [1.82, 2.24) is 0 Å². The molecule has 0 N–H and O–H groups in total. The first-order valence-electron chi connectivity index (χ1n) is 52.1. The Morgan fingerprint density at radius 3 is 0.480 bits per heavy atom. The SMILES string of the molecule is Cc1ccc(-c2ccccc2)cc1N(c1cc(-c2ccccc2)ccc1C)c1ccc2ccc3c(N(c4cc(-c5ccccc5)ccc4C)c4cc(-c5cccc(-c6cccc(-c7ccc(-c8ccccc8)c(N(c8cc(-c9ccccc9)ccc8C)c8ccc9ccc%10c(N(c%11cc(-c%12ccccc%12)ccc%11C)c%11cc(-c%12ccccc%12)ccc%11-c%11ccccc%11)ccc%11ccc8c9c%11%10)c7)c6)c5)ccc4C)ccc4ccc1c2c43. The van der Waals surface area contributed by atoms with Gasteiger partial charge in [-0.1, -0.05) is 449 Å². The van der Waals surface area contributed by atoms with Gasteiger partial charge in [0.15, 0.2) is 0 Å². The van der Waals surface area contributed by atoms with Crippen LogP contribution >= 0.6 is 0 Å². The van der Waals surface area contributed by atoms with Crippen LogP contribution in [0.1, 0.15) is 33.4 Å². The summed E-state index contributed by atoms with van der Waals surface area (Å²) in [4.78, 5) is 10.3. The van der Waals surface area contributed by atoms with E-state index in [0.717, 1.165) is 213 Å². The van der Waals surface area contributed by atoms with Gasteiger partial charge in [0.05, 0.1) is 34.1 Å². The van der Waals surface area contributed by atoms with Crippen LogP contribution in [-0.4, -0.2) is 0 Å². The first-order valence-corrected chi connectivity index (χ1v) is 52.1. The molecule has 0 amide bonds. The zero-order valence-corrected chi connectivity index (χ0v) is 84.6. The highest BCUT2D eigenvalue weighted by molar-refractivity contribution is 6.30. The van der Waals surface area contributed by atoms with Gasteiger partial charge in [-0.05, 0) is 314 Å². The van der Waals surface area contributed by atoms with Gasteiger partial charge in [0.1, 0.15) is 0 Å². The quantitative estimate of drug-likeness (QED) is 0.0592. The maximum absolute atomic E-state index is 2.59. The van der Waals surface area contributed by atoms with E-state index in [-0.39, 0.29) is 0 Å². The lowest BCUT2D eigenvalue weighted by Crippen LogP contribution is -2.14. The average Bonchev–Trinajstić information content (AvgIpc) is 0.715. The Labute approximate surface area is 877 Å². The molecule has 0 heterocycles. The topological polar surface area (TPSA) is 13.0 Å². The smallest absolute Gasteiger partial charge is 0.0546 e. The Hall–Kier alpha value is -19.0. The molecule has 0 aliphatic heterocycles. The van der Waals surface area contributed by atoms with E-state index in [1.54, 1.807) is 0 Å². The van der Waals surface area contributed by atoms with Crippen LogP contribution in [0.3, 0.4) is 0 Å². The first-order chi connectivity index (χ1) is 73.9. The highest BCUT2D eigenvalue weighted by Gasteiger charge is 2.32. The minimum Gasteiger partial charge on any atom is -0.309 e. The molecule has 150 heavy (non-hydrogen) atoms. The number of nitrogens with zero attached hydrogens (tertiary/aromatic N) is 4. The van der Waals surface area contributed by atoms with Crippen molar-refractivity contribution in [3.05, 3.63) is 567 Å². The number of benzene rings is 26. The number of aryl methyl sites for hydroxylation is 6. The number of hydrogen-bond donors (Lipinski definition) is 0. The van der Waals surface area contributed by atoms with E-state index < -0.39 is 0 Å². The van der Waals surface area contributed by atoms with Crippen molar-refractivity contribution in [2.24, 2.45) is 0 Å². The molecule has 4 heteroatoms. The van der Waals surface area contributed by atoms with E-state index in [2.05, 4.69) is 595 Å². The molecule has 0 fully saturated rings. The lowest BCUT2D eigenvalue weighted by atomic mass is 9.90. The second-order valence-corrected chi connectivity index (χ2v) is 40.1. The Bertz CT molecular complexity index is 9530. The lowest BCUT2D eigenvalue weighted by molar-refractivity contribution is 1.23. The second kappa shape index (κ2) is 38.5. The summed E-state index contributed by atoms with van der Waals surface area (Å²) in [5.74, 6) is 0. The summed E-state index contributed by atoms with van der Waals surface area (Å²) in [6, 6.07) is 199. The van der Waals surface area contributed by atoms with E-state index in [0.29, 0.717) is 0 Å². The van der Waals surface area contributed by atoms with E-state index in [1.807, 2.05) is 0 Å². The Morgan fingerprint density at radius 1 is 0.107 bits per heavy atom. The third-order valence-electron chi connectivity index (χ3n) is 30.9. The van der Waals surface area contributed by atoms with E-state index in [4.69, 9.17) is 0 Å². The zero-order valence-electron chi connectivity index (χ0n) is 84.6. The molecule has 0 unspecified atom stereocenters. The second-order valence-electron chi connectivity index (χ2n) is 40.1. The van der Waals surface area contributed by atoms with Crippen molar-refractivity contribution < 1.29 is 0 Å². The van der Waals surface area contributed by atoms with Crippen molar-refractivity contribution in [3.63, 3.8) is 0 Å². The normalized spacial score (nSPS) is 11.5. The Kier molecular flexibility index (Phi) is 23.4. The molecule has 0 bridgehead atoms. The average molecular weight is 1920 g/mol. The van der Waals surface area contributed by atoms with Gasteiger partial charge in [-0.3, -0.25) is 0 Å². The molecule has 0 aliphatic rings. The highest BCUT2D eigenvalue weighted by Crippen LogP contribution is 2.57. The van der Waals surface area contributed by atoms with Crippen molar-refractivity contribution in [1.29, 1.82) is 0 Å². The van der Waals surface area contributed by atoms with Crippen molar-refractivity contribution in [2.75, 3.05) is 19.6 Å². The molecular weight excluding hydrogens is 1810 g/mol. The predicted octanol–water partition coefficient (Wildman–Crippen LogP) is 41.5. The largest absolute Gasteiger partial charge is 0.309 e. The standard InChI is InChI=1S/C146H106N4/c1-95-53-59-117(101-33-15-7-16-34-101)87-135(95)147(136-88-118(60-54-96(136)2)102-35-17-8-18-36-102)131-81-71-109-66-78-128-132(82-72-110-65-77-127(131)143(109)144(110)128)148(137-89-119(61-55-97(137)3)103-37-19-9-20-38-103)138-92-123(64-58-98(138)4)115-51-31-49-113(85-115)114-50-32-52-116(86-114)124-70-76-126(108-47-29-14-30-48-108)142(94-124)150(140-91-121(63-57-100(140)6)105-41-23-11-24-42-105)134-84-74-112-67-79-129-133(83-73-111-68-80-130(134)146(112)145(111)129)149(139-90-120(62-56-99(139)5)104-39-21-10-22-40-104)141-93-122(106-43-25-12-26-44-106)69-75-125(141)107-45-27-13-28-46-107/h7-94H,1-6H3. The fraction of sp³-hybridized carbons (Fsp3) is 0.0411. The number of rotatable bonds is 23. The van der Waals surface area contributed by atoms with Crippen LogP contribution in [0.25, 0.3) is 187 Å². The van der Waals surface area contributed by atoms with Gasteiger partial charge in [-0.15, -0.1) is 0 Å². The van der Waals surface area contributed by atoms with E-state index in [1.165, 1.54) is 76.1 Å².